The summed E-state index contributed by atoms with van der Waals surface area (Å²) in [6.45, 7) is 0. The van der Waals surface area contributed by atoms with Gasteiger partial charge >= 0.3 is 0 Å². The van der Waals surface area contributed by atoms with Crippen molar-refractivity contribution >= 4 is 29.1 Å². The number of anilines is 3. The van der Waals surface area contributed by atoms with Gasteiger partial charge in [-0.3, -0.25) is 0 Å². The van der Waals surface area contributed by atoms with Crippen molar-refractivity contribution in [3.63, 3.8) is 0 Å². The maximum Gasteiger partial charge on any atom is 0.149 e. The van der Waals surface area contributed by atoms with E-state index in [0.29, 0.717) is 11.6 Å². The van der Waals surface area contributed by atoms with Crippen LogP contribution in [0.4, 0.5) is 17.3 Å². The Morgan fingerprint density at radius 1 is 1.19 bits per heavy atom. The summed E-state index contributed by atoms with van der Waals surface area (Å²) in [6.07, 6.45) is 5.19. The van der Waals surface area contributed by atoms with Gasteiger partial charge in [-0.1, -0.05) is 12.1 Å². The van der Waals surface area contributed by atoms with Crippen LogP contribution in [0.3, 0.4) is 0 Å². The average molecular weight is 232 g/mol. The van der Waals surface area contributed by atoms with Crippen molar-refractivity contribution in [1.82, 2.24) is 9.97 Å². The quantitative estimate of drug-likeness (QED) is 0.796. The highest BCUT2D eigenvalue weighted by Gasteiger charge is 2.01. The van der Waals surface area contributed by atoms with Crippen LogP contribution in [0.25, 0.3) is 0 Å². The monoisotopic (exact) mass is 232 g/mol. The molecule has 0 atom stereocenters. The molecule has 2 rings (SSSR count). The molecule has 0 saturated carbocycles. The predicted octanol–water partition coefficient (Wildman–Crippen LogP) is 2.52. The topological polar surface area (TPSA) is 63.8 Å². The maximum atomic E-state index is 5.47. The molecule has 0 saturated heterocycles. The number of rotatable bonds is 3. The highest BCUT2D eigenvalue weighted by Crippen LogP contribution is 2.26. The molecule has 82 valence electrons. The Bertz CT molecular complexity index is 470. The molecule has 2 aromatic rings. The molecular weight excluding hydrogens is 220 g/mol. The lowest BCUT2D eigenvalue weighted by Gasteiger charge is -2.08. The van der Waals surface area contributed by atoms with E-state index in [9.17, 15) is 0 Å². The maximum absolute atomic E-state index is 5.47. The fourth-order valence-electron chi connectivity index (χ4n) is 1.29. The summed E-state index contributed by atoms with van der Waals surface area (Å²) in [4.78, 5) is 9.29. The van der Waals surface area contributed by atoms with E-state index in [-0.39, 0.29) is 0 Å². The molecule has 0 fully saturated rings. The van der Waals surface area contributed by atoms with Crippen LogP contribution >= 0.6 is 11.8 Å². The summed E-state index contributed by atoms with van der Waals surface area (Å²) in [5.41, 5.74) is 6.49. The zero-order chi connectivity index (χ0) is 11.4. The van der Waals surface area contributed by atoms with Gasteiger partial charge in [-0.25, -0.2) is 9.97 Å². The van der Waals surface area contributed by atoms with Gasteiger partial charge in [0.25, 0.3) is 0 Å². The highest BCUT2D eigenvalue weighted by molar-refractivity contribution is 7.98. The fourth-order valence-corrected chi connectivity index (χ4v) is 1.84. The van der Waals surface area contributed by atoms with Crippen LogP contribution in [0.2, 0.25) is 0 Å². The third-order valence-corrected chi connectivity index (χ3v) is 2.84. The van der Waals surface area contributed by atoms with E-state index >= 15 is 0 Å². The second kappa shape index (κ2) is 4.85. The molecule has 5 heteroatoms. The van der Waals surface area contributed by atoms with Crippen LogP contribution in [0.5, 0.6) is 0 Å². The van der Waals surface area contributed by atoms with Gasteiger partial charge in [0.05, 0.1) is 18.1 Å². The first-order chi connectivity index (χ1) is 7.79. The summed E-state index contributed by atoms with van der Waals surface area (Å²) < 4.78 is 0. The van der Waals surface area contributed by atoms with Crippen molar-refractivity contribution < 1.29 is 0 Å². The van der Waals surface area contributed by atoms with Crippen LogP contribution < -0.4 is 11.1 Å². The molecule has 0 aliphatic carbocycles. The van der Waals surface area contributed by atoms with Gasteiger partial charge in [0.2, 0.25) is 0 Å². The van der Waals surface area contributed by atoms with Crippen LogP contribution in [0.1, 0.15) is 0 Å². The van der Waals surface area contributed by atoms with E-state index < -0.39 is 0 Å². The molecular formula is C11H12N4S. The van der Waals surface area contributed by atoms with Crippen molar-refractivity contribution in [2.75, 3.05) is 17.3 Å². The molecule has 4 nitrogen and oxygen atoms in total. The van der Waals surface area contributed by atoms with Crippen molar-refractivity contribution in [1.29, 1.82) is 0 Å². The van der Waals surface area contributed by atoms with E-state index in [1.54, 1.807) is 18.0 Å². The number of nitrogens with two attached hydrogens (primary N) is 1. The molecule has 1 aromatic heterocycles. The van der Waals surface area contributed by atoms with E-state index in [2.05, 4.69) is 21.4 Å². The molecule has 3 N–H and O–H groups in total. The second-order valence-electron chi connectivity index (χ2n) is 3.15. The van der Waals surface area contributed by atoms with Crippen LogP contribution in [0, 0.1) is 0 Å². The molecule has 0 unspecified atom stereocenters. The Hall–Kier alpha value is -1.75. The molecule has 0 aliphatic rings. The highest BCUT2D eigenvalue weighted by atomic mass is 32.2. The minimum absolute atomic E-state index is 0.420. The molecule has 1 aromatic carbocycles. The lowest BCUT2D eigenvalue weighted by atomic mass is 10.3. The second-order valence-corrected chi connectivity index (χ2v) is 4.00. The Labute approximate surface area is 98.3 Å². The van der Waals surface area contributed by atoms with Crippen molar-refractivity contribution in [2.45, 2.75) is 4.90 Å². The summed E-state index contributed by atoms with van der Waals surface area (Å²) in [6, 6.07) is 8.04. The van der Waals surface area contributed by atoms with E-state index in [1.807, 2.05) is 24.5 Å². The molecule has 1 heterocycles. The summed E-state index contributed by atoms with van der Waals surface area (Å²) in [5, 5.41) is 3.20. The Morgan fingerprint density at radius 2 is 2.00 bits per heavy atom. The Morgan fingerprint density at radius 3 is 2.69 bits per heavy atom. The number of thioether (sulfide) groups is 1. The molecule has 0 bridgehead atoms. The first-order valence-corrected chi connectivity index (χ1v) is 5.99. The normalized spacial score (nSPS) is 10.1. The smallest absolute Gasteiger partial charge is 0.149 e. The standard InChI is InChI=1S/C11H12N4S/c1-16-9-5-3-2-4-8(9)15-11-7-13-10(12)6-14-11/h2-7H,1H3,(H2,12,13)(H,14,15). The van der Waals surface area contributed by atoms with Gasteiger partial charge in [0, 0.05) is 4.90 Å². The summed E-state index contributed by atoms with van der Waals surface area (Å²) >= 11 is 1.68. The SMILES string of the molecule is CSc1ccccc1Nc1cnc(N)cn1. The first kappa shape index (κ1) is 10.8. The van der Waals surface area contributed by atoms with Crippen LogP contribution in [-0.4, -0.2) is 16.2 Å². The van der Waals surface area contributed by atoms with Gasteiger partial charge < -0.3 is 11.1 Å². The average Bonchev–Trinajstić information content (AvgIpc) is 2.33. The third kappa shape index (κ3) is 2.43. The summed E-state index contributed by atoms with van der Waals surface area (Å²) in [5.74, 6) is 1.11. The predicted molar refractivity (Wildman–Crippen MR) is 68.0 cm³/mol. The van der Waals surface area contributed by atoms with Gasteiger partial charge in [-0.2, -0.15) is 0 Å². The number of benzene rings is 1. The number of para-hydroxylation sites is 1. The lowest BCUT2D eigenvalue weighted by Crippen LogP contribution is -1.97. The number of nitrogen functional groups attached to an aromatic ring is 1. The summed E-state index contributed by atoms with van der Waals surface area (Å²) in [7, 11) is 0. The van der Waals surface area contributed by atoms with E-state index in [0.717, 1.165) is 5.69 Å². The van der Waals surface area contributed by atoms with Gasteiger partial charge in [-0.15, -0.1) is 11.8 Å². The largest absolute Gasteiger partial charge is 0.382 e. The Balaban J connectivity index is 2.23. The number of hydrogen-bond donors (Lipinski definition) is 2. The van der Waals surface area contributed by atoms with Crippen LogP contribution in [-0.2, 0) is 0 Å². The number of nitrogens with one attached hydrogen (secondary N) is 1. The van der Waals surface area contributed by atoms with Crippen LogP contribution in [0.15, 0.2) is 41.6 Å². The molecule has 0 radical (unpaired) electrons. The van der Waals surface area contributed by atoms with Gasteiger partial charge in [0.1, 0.15) is 11.6 Å². The van der Waals surface area contributed by atoms with Gasteiger partial charge in [0.15, 0.2) is 0 Å². The molecule has 0 amide bonds. The lowest BCUT2D eigenvalue weighted by molar-refractivity contribution is 1.20. The van der Waals surface area contributed by atoms with E-state index in [1.165, 1.54) is 11.1 Å². The number of hydrogen-bond acceptors (Lipinski definition) is 5. The fraction of sp³-hybridized carbons (Fsp3) is 0.0909. The molecule has 0 aliphatic heterocycles. The van der Waals surface area contributed by atoms with Crippen molar-refractivity contribution in [2.24, 2.45) is 0 Å². The third-order valence-electron chi connectivity index (χ3n) is 2.04. The molecule has 16 heavy (non-hydrogen) atoms. The number of aromatic nitrogens is 2. The molecule has 0 spiro atoms. The van der Waals surface area contributed by atoms with E-state index in [4.69, 9.17) is 5.73 Å². The zero-order valence-electron chi connectivity index (χ0n) is 8.84. The van der Waals surface area contributed by atoms with Gasteiger partial charge in [-0.05, 0) is 18.4 Å². The van der Waals surface area contributed by atoms with Crippen molar-refractivity contribution in [3.05, 3.63) is 36.7 Å². The minimum atomic E-state index is 0.420. The Kier molecular flexibility index (Phi) is 3.26. The number of nitrogens with zero attached hydrogens (tertiary/aromatic N) is 2. The first-order valence-electron chi connectivity index (χ1n) is 4.77. The minimum Gasteiger partial charge on any atom is -0.382 e. The zero-order valence-corrected chi connectivity index (χ0v) is 9.66. The van der Waals surface area contributed by atoms with Crippen molar-refractivity contribution in [3.8, 4) is 0 Å².